The summed E-state index contributed by atoms with van der Waals surface area (Å²) < 4.78 is 0. The Morgan fingerprint density at radius 3 is 2.80 bits per heavy atom. The Morgan fingerprint density at radius 2 is 2.20 bits per heavy atom. The quantitative estimate of drug-likeness (QED) is 0.705. The number of nitrogens with one attached hydrogen (secondary N) is 2. The summed E-state index contributed by atoms with van der Waals surface area (Å²) in [5.41, 5.74) is 0. The van der Waals surface area contributed by atoms with Gasteiger partial charge in [0.05, 0.1) is 0 Å². The Balaban J connectivity index is 1.62. The molecule has 2 N–H and O–H groups in total. The van der Waals surface area contributed by atoms with Crippen LogP contribution in [-0.2, 0) is 0 Å². The molecule has 0 aromatic carbocycles. The molecule has 0 radical (unpaired) electrons. The van der Waals surface area contributed by atoms with Crippen LogP contribution in [-0.4, -0.2) is 49.7 Å². The van der Waals surface area contributed by atoms with Crippen LogP contribution in [0, 0.1) is 0 Å². The highest BCUT2D eigenvalue weighted by atomic mass is 15.2. The largest absolute Gasteiger partial charge is 0.315 e. The average molecular weight is 211 g/mol. The molecule has 0 aromatic heterocycles. The van der Waals surface area contributed by atoms with E-state index in [-0.39, 0.29) is 0 Å². The zero-order valence-electron chi connectivity index (χ0n) is 10.1. The lowest BCUT2D eigenvalue weighted by Gasteiger charge is -2.29. The van der Waals surface area contributed by atoms with Crippen molar-refractivity contribution in [3.05, 3.63) is 0 Å². The van der Waals surface area contributed by atoms with Crippen LogP contribution in [0.15, 0.2) is 0 Å². The standard InChI is InChI=1S/C12H25N3/c1-10(15(2)12-5-6-12)8-14-11-4-3-7-13-9-11/h10-14H,3-9H2,1-2H3. The van der Waals surface area contributed by atoms with Gasteiger partial charge < -0.3 is 10.6 Å². The molecule has 0 spiro atoms. The third-order valence-corrected chi connectivity index (χ3v) is 3.82. The molecule has 1 saturated carbocycles. The fraction of sp³-hybridized carbons (Fsp3) is 1.00. The first-order chi connectivity index (χ1) is 7.27. The van der Waals surface area contributed by atoms with Crippen LogP contribution in [0.1, 0.15) is 32.6 Å². The number of piperidine rings is 1. The monoisotopic (exact) mass is 211 g/mol. The van der Waals surface area contributed by atoms with Crippen LogP contribution in [0.3, 0.4) is 0 Å². The number of hydrogen-bond acceptors (Lipinski definition) is 3. The van der Waals surface area contributed by atoms with Gasteiger partial charge in [0.2, 0.25) is 0 Å². The molecule has 0 aromatic rings. The molecule has 1 aliphatic heterocycles. The van der Waals surface area contributed by atoms with Crippen molar-refractivity contribution in [3.63, 3.8) is 0 Å². The van der Waals surface area contributed by atoms with Gasteiger partial charge in [0, 0.05) is 31.2 Å². The van der Waals surface area contributed by atoms with Gasteiger partial charge in [-0.25, -0.2) is 0 Å². The second-order valence-corrected chi connectivity index (χ2v) is 5.20. The highest BCUT2D eigenvalue weighted by Crippen LogP contribution is 2.26. The van der Waals surface area contributed by atoms with E-state index >= 15 is 0 Å². The maximum atomic E-state index is 3.68. The zero-order valence-corrected chi connectivity index (χ0v) is 10.1. The van der Waals surface area contributed by atoms with Crippen LogP contribution in [0.2, 0.25) is 0 Å². The molecule has 88 valence electrons. The van der Waals surface area contributed by atoms with Gasteiger partial charge in [-0.2, -0.15) is 0 Å². The molecule has 0 bridgehead atoms. The first kappa shape index (κ1) is 11.4. The maximum Gasteiger partial charge on any atom is 0.0193 e. The predicted molar refractivity (Wildman–Crippen MR) is 64.1 cm³/mol. The van der Waals surface area contributed by atoms with Crippen LogP contribution in [0.25, 0.3) is 0 Å². The van der Waals surface area contributed by atoms with Crippen molar-refractivity contribution < 1.29 is 0 Å². The van der Waals surface area contributed by atoms with E-state index in [4.69, 9.17) is 0 Å². The Hall–Kier alpha value is -0.120. The van der Waals surface area contributed by atoms with Crippen molar-refractivity contribution in [1.82, 2.24) is 15.5 Å². The molecule has 1 saturated heterocycles. The molecule has 1 heterocycles. The van der Waals surface area contributed by atoms with E-state index in [2.05, 4.69) is 29.5 Å². The van der Waals surface area contributed by atoms with Crippen molar-refractivity contribution in [1.29, 1.82) is 0 Å². The van der Waals surface area contributed by atoms with Crippen LogP contribution >= 0.6 is 0 Å². The predicted octanol–water partition coefficient (Wildman–Crippen LogP) is 0.811. The van der Waals surface area contributed by atoms with Crippen molar-refractivity contribution in [2.75, 3.05) is 26.7 Å². The molecule has 3 nitrogen and oxygen atoms in total. The van der Waals surface area contributed by atoms with Crippen LogP contribution in [0.4, 0.5) is 0 Å². The van der Waals surface area contributed by atoms with Crippen molar-refractivity contribution >= 4 is 0 Å². The number of rotatable bonds is 5. The van der Waals surface area contributed by atoms with E-state index in [0.29, 0.717) is 12.1 Å². The van der Waals surface area contributed by atoms with Gasteiger partial charge in [0.25, 0.3) is 0 Å². The van der Waals surface area contributed by atoms with E-state index in [9.17, 15) is 0 Å². The Kier molecular flexibility index (Phi) is 4.00. The summed E-state index contributed by atoms with van der Waals surface area (Å²) in [6, 6.07) is 2.26. The molecule has 2 atom stereocenters. The van der Waals surface area contributed by atoms with Crippen LogP contribution in [0.5, 0.6) is 0 Å². The van der Waals surface area contributed by atoms with Crippen molar-refractivity contribution in [3.8, 4) is 0 Å². The number of hydrogen-bond donors (Lipinski definition) is 2. The summed E-state index contributed by atoms with van der Waals surface area (Å²) >= 11 is 0. The number of nitrogens with zero attached hydrogens (tertiary/aromatic N) is 1. The summed E-state index contributed by atoms with van der Waals surface area (Å²) in [6.45, 7) is 5.83. The van der Waals surface area contributed by atoms with Gasteiger partial charge in [0.15, 0.2) is 0 Å². The highest BCUT2D eigenvalue weighted by molar-refractivity contribution is 4.86. The molecule has 15 heavy (non-hydrogen) atoms. The molecule has 2 fully saturated rings. The van der Waals surface area contributed by atoms with Gasteiger partial charge in [-0.05, 0) is 46.2 Å². The van der Waals surface area contributed by atoms with E-state index in [1.165, 1.54) is 32.2 Å². The van der Waals surface area contributed by atoms with E-state index in [1.807, 2.05) is 0 Å². The zero-order chi connectivity index (χ0) is 10.7. The molecule has 3 heteroatoms. The smallest absolute Gasteiger partial charge is 0.0193 e. The molecule has 2 rings (SSSR count). The summed E-state index contributed by atoms with van der Waals surface area (Å²) in [7, 11) is 2.27. The first-order valence-corrected chi connectivity index (χ1v) is 6.43. The Bertz CT molecular complexity index is 185. The SMILES string of the molecule is CC(CNC1CCCNC1)N(C)C1CC1. The minimum absolute atomic E-state index is 0.680. The van der Waals surface area contributed by atoms with Gasteiger partial charge in [-0.1, -0.05) is 0 Å². The van der Waals surface area contributed by atoms with Crippen LogP contribution < -0.4 is 10.6 Å². The van der Waals surface area contributed by atoms with Gasteiger partial charge in [-0.3, -0.25) is 4.90 Å². The molecular weight excluding hydrogens is 186 g/mol. The van der Waals surface area contributed by atoms with Gasteiger partial charge >= 0.3 is 0 Å². The summed E-state index contributed by atoms with van der Waals surface area (Å²) in [4.78, 5) is 2.53. The lowest BCUT2D eigenvalue weighted by atomic mass is 10.1. The van der Waals surface area contributed by atoms with Crippen molar-refractivity contribution in [2.24, 2.45) is 0 Å². The normalized spacial score (nSPS) is 29.4. The second-order valence-electron chi connectivity index (χ2n) is 5.20. The molecule has 2 aliphatic rings. The third kappa shape index (κ3) is 3.44. The lowest BCUT2D eigenvalue weighted by Crippen LogP contribution is -2.48. The van der Waals surface area contributed by atoms with E-state index in [0.717, 1.165) is 19.1 Å². The average Bonchev–Trinajstić information content (AvgIpc) is 3.10. The summed E-state index contributed by atoms with van der Waals surface area (Å²) in [5, 5.41) is 7.13. The van der Waals surface area contributed by atoms with Crippen molar-refractivity contribution in [2.45, 2.75) is 50.7 Å². The fourth-order valence-corrected chi connectivity index (χ4v) is 2.35. The molecule has 2 unspecified atom stereocenters. The minimum Gasteiger partial charge on any atom is -0.315 e. The number of likely N-dealkylation sites (N-methyl/N-ethyl adjacent to an activating group) is 1. The first-order valence-electron chi connectivity index (χ1n) is 6.43. The topological polar surface area (TPSA) is 27.3 Å². The third-order valence-electron chi connectivity index (χ3n) is 3.82. The van der Waals surface area contributed by atoms with Gasteiger partial charge in [0.1, 0.15) is 0 Å². The molecule has 1 aliphatic carbocycles. The second kappa shape index (κ2) is 5.28. The lowest BCUT2D eigenvalue weighted by molar-refractivity contribution is 0.230. The summed E-state index contributed by atoms with van der Waals surface area (Å²) in [5.74, 6) is 0. The van der Waals surface area contributed by atoms with Gasteiger partial charge in [-0.15, -0.1) is 0 Å². The van der Waals surface area contributed by atoms with E-state index < -0.39 is 0 Å². The Morgan fingerprint density at radius 1 is 1.40 bits per heavy atom. The maximum absolute atomic E-state index is 3.68. The minimum atomic E-state index is 0.680. The fourth-order valence-electron chi connectivity index (χ4n) is 2.35. The highest BCUT2D eigenvalue weighted by Gasteiger charge is 2.29. The molecular formula is C12H25N3. The van der Waals surface area contributed by atoms with E-state index in [1.54, 1.807) is 0 Å². The molecule has 0 amide bonds. The Labute approximate surface area is 93.6 Å². The summed E-state index contributed by atoms with van der Waals surface area (Å²) in [6.07, 6.45) is 5.48.